The highest BCUT2D eigenvalue weighted by Gasteiger charge is 2.28. The van der Waals surface area contributed by atoms with Crippen LogP contribution in [-0.4, -0.2) is 33.8 Å². The van der Waals surface area contributed by atoms with Gasteiger partial charge in [-0.25, -0.2) is 9.78 Å². The van der Waals surface area contributed by atoms with E-state index < -0.39 is 11.4 Å². The molecule has 0 saturated carbocycles. The van der Waals surface area contributed by atoms with E-state index >= 15 is 0 Å². The maximum atomic E-state index is 12.3. The van der Waals surface area contributed by atoms with Gasteiger partial charge in [-0.05, 0) is 11.8 Å². The van der Waals surface area contributed by atoms with Crippen molar-refractivity contribution < 1.29 is 19.4 Å². The summed E-state index contributed by atoms with van der Waals surface area (Å²) in [5.41, 5.74) is -0.0226. The summed E-state index contributed by atoms with van der Waals surface area (Å²) in [5, 5.41) is 9.50. The Morgan fingerprint density at radius 2 is 2.11 bits per heavy atom. The summed E-state index contributed by atoms with van der Waals surface area (Å²) < 4.78 is 13.4. The van der Waals surface area contributed by atoms with Crippen LogP contribution in [-0.2, 0) is 0 Å². The molecule has 0 amide bonds. The van der Waals surface area contributed by atoms with Crippen molar-refractivity contribution in [1.29, 1.82) is 0 Å². The van der Waals surface area contributed by atoms with Gasteiger partial charge in [-0.1, -0.05) is 39.3 Å². The Hall–Kier alpha value is -2.54. The van der Waals surface area contributed by atoms with E-state index in [1.54, 1.807) is 10.6 Å². The van der Waals surface area contributed by atoms with Crippen molar-refractivity contribution >= 4 is 17.6 Å². The van der Waals surface area contributed by atoms with Gasteiger partial charge in [0.2, 0.25) is 0 Å². The lowest BCUT2D eigenvalue weighted by atomic mass is 10.0. The summed E-state index contributed by atoms with van der Waals surface area (Å²) in [5.74, 6) is 0.0338. The molecule has 0 bridgehead atoms. The second-order valence-electron chi connectivity index (χ2n) is 7.60. The molecular weight excluding hydrogens is 384 g/mol. The molecule has 0 spiro atoms. The van der Waals surface area contributed by atoms with Crippen molar-refractivity contribution in [3.63, 3.8) is 0 Å². The smallest absolute Gasteiger partial charge is 0.341 e. The molecule has 0 saturated heterocycles. The quantitative estimate of drug-likeness (QED) is 0.757. The summed E-state index contributed by atoms with van der Waals surface area (Å²) in [6.45, 7) is 8.83. The second kappa shape index (κ2) is 7.83. The molecule has 150 valence electrons. The van der Waals surface area contributed by atoms with E-state index in [9.17, 15) is 14.7 Å². The van der Waals surface area contributed by atoms with Crippen molar-refractivity contribution in [3.8, 4) is 22.9 Å². The number of hydrogen-bond acceptors (Lipinski definition) is 5. The van der Waals surface area contributed by atoms with Crippen LogP contribution in [0.25, 0.3) is 11.4 Å². The highest BCUT2D eigenvalue weighted by Crippen LogP contribution is 2.39. The van der Waals surface area contributed by atoms with E-state index in [0.29, 0.717) is 42.0 Å². The minimum Gasteiger partial charge on any atom is -0.490 e. The monoisotopic (exact) mass is 406 g/mol. The van der Waals surface area contributed by atoms with E-state index in [0.717, 1.165) is 0 Å². The number of fused-ring (bicyclic) bond motifs is 3. The summed E-state index contributed by atoms with van der Waals surface area (Å²) in [6, 6.07) is 2.78. The molecule has 8 heteroatoms. The Morgan fingerprint density at radius 1 is 1.39 bits per heavy atom. The number of carboxylic acids is 1. The molecule has 3 heterocycles. The Labute approximate surface area is 167 Å². The number of nitrogens with zero attached hydrogens (tertiary/aromatic N) is 2. The van der Waals surface area contributed by atoms with Gasteiger partial charge in [0.1, 0.15) is 17.9 Å². The summed E-state index contributed by atoms with van der Waals surface area (Å²) >= 11 is 6.31. The van der Waals surface area contributed by atoms with E-state index in [-0.39, 0.29) is 22.7 Å². The molecule has 0 unspecified atom stereocenters. The van der Waals surface area contributed by atoms with Crippen LogP contribution in [0.1, 0.15) is 44.1 Å². The molecule has 28 heavy (non-hydrogen) atoms. The first-order chi connectivity index (χ1) is 13.2. The number of carboxylic acid groups (broad SMARTS) is 1. The van der Waals surface area contributed by atoms with Crippen molar-refractivity contribution in [3.05, 3.63) is 39.3 Å². The molecule has 0 aliphatic carbocycles. The molecule has 1 N–H and O–H groups in total. The molecule has 1 aliphatic rings. The number of ether oxygens (including phenoxy) is 2. The predicted molar refractivity (Wildman–Crippen MR) is 106 cm³/mol. The fourth-order valence-electron chi connectivity index (χ4n) is 3.05. The molecule has 0 fully saturated rings. The van der Waals surface area contributed by atoms with E-state index in [1.165, 1.54) is 12.3 Å². The molecule has 1 atom stereocenters. The lowest BCUT2D eigenvalue weighted by Crippen LogP contribution is -2.25. The van der Waals surface area contributed by atoms with Crippen molar-refractivity contribution in [1.82, 2.24) is 9.55 Å². The zero-order valence-electron chi connectivity index (χ0n) is 16.2. The van der Waals surface area contributed by atoms with Crippen LogP contribution in [0.4, 0.5) is 0 Å². The lowest BCUT2D eigenvalue weighted by molar-refractivity contribution is 0.0694. The third-order valence-corrected chi connectivity index (χ3v) is 4.84. The van der Waals surface area contributed by atoms with E-state index in [2.05, 4.69) is 4.98 Å². The first-order valence-electron chi connectivity index (χ1n) is 9.15. The molecule has 7 nitrogen and oxygen atoms in total. The predicted octanol–water partition coefficient (Wildman–Crippen LogP) is 3.89. The van der Waals surface area contributed by atoms with E-state index in [4.69, 9.17) is 21.1 Å². The highest BCUT2D eigenvalue weighted by atomic mass is 35.5. The average Bonchev–Trinajstić information content (AvgIpc) is 2.75. The molecule has 2 aromatic heterocycles. The topological polar surface area (TPSA) is 90.6 Å². The minimum absolute atomic E-state index is 0.129. The zero-order valence-corrected chi connectivity index (χ0v) is 17.0. The van der Waals surface area contributed by atoms with Crippen LogP contribution in [0.3, 0.4) is 0 Å². The van der Waals surface area contributed by atoms with Gasteiger partial charge in [-0.2, -0.15) is 0 Å². The van der Waals surface area contributed by atoms with Gasteiger partial charge < -0.3 is 19.1 Å². The first kappa shape index (κ1) is 20.2. The maximum Gasteiger partial charge on any atom is 0.341 e. The normalized spacial score (nSPS) is 15.6. The van der Waals surface area contributed by atoms with Crippen molar-refractivity contribution in [2.75, 3.05) is 13.2 Å². The zero-order chi connectivity index (χ0) is 20.6. The number of carbonyl (C=O) groups is 1. The fourth-order valence-corrected chi connectivity index (χ4v) is 3.24. The number of hydrogen-bond donors (Lipinski definition) is 1. The average molecular weight is 407 g/mol. The third-order valence-electron chi connectivity index (χ3n) is 4.57. The lowest BCUT2D eigenvalue weighted by Gasteiger charge is -2.24. The van der Waals surface area contributed by atoms with Crippen molar-refractivity contribution in [2.45, 2.75) is 33.7 Å². The van der Waals surface area contributed by atoms with Crippen LogP contribution in [0.5, 0.6) is 11.5 Å². The Bertz CT molecular complexity index is 968. The van der Waals surface area contributed by atoms with Gasteiger partial charge in [-0.15, -0.1) is 0 Å². The highest BCUT2D eigenvalue weighted by molar-refractivity contribution is 6.31. The van der Waals surface area contributed by atoms with Gasteiger partial charge >= 0.3 is 5.97 Å². The standard InChI is InChI=1S/C20H23ClN2O5/c1-10(2)8-27-17-6-16-18(22-19(17)21)13-5-15(24)12(20(25)26)7-23(13)14(9-28-16)11(3)4/h5-7,10-11,14H,8-9H2,1-4H3,(H,25,26)/t14-/m0/s1. The summed E-state index contributed by atoms with van der Waals surface area (Å²) in [7, 11) is 0. The van der Waals surface area contributed by atoms with Crippen LogP contribution in [0, 0.1) is 11.8 Å². The molecule has 1 aliphatic heterocycles. The number of halogens is 1. The SMILES string of the molecule is CC(C)COc1cc2c(nc1Cl)-c1cc(=O)c(C(=O)O)cn1[C@H](C(C)C)CO2. The molecule has 3 rings (SSSR count). The van der Waals surface area contributed by atoms with E-state index in [1.807, 2.05) is 27.7 Å². The maximum absolute atomic E-state index is 12.3. The van der Waals surface area contributed by atoms with Gasteiger partial charge in [0.05, 0.1) is 18.3 Å². The van der Waals surface area contributed by atoms with Gasteiger partial charge in [0, 0.05) is 18.3 Å². The Balaban J connectivity index is 2.19. The largest absolute Gasteiger partial charge is 0.490 e. The number of aromatic nitrogens is 2. The molecular formula is C20H23ClN2O5. The molecule has 2 aromatic rings. The van der Waals surface area contributed by atoms with Crippen LogP contribution >= 0.6 is 11.6 Å². The molecule has 0 aromatic carbocycles. The Morgan fingerprint density at radius 3 is 2.71 bits per heavy atom. The summed E-state index contributed by atoms with van der Waals surface area (Å²) in [6.07, 6.45) is 1.36. The van der Waals surface area contributed by atoms with Gasteiger partial charge in [-0.3, -0.25) is 4.79 Å². The second-order valence-corrected chi connectivity index (χ2v) is 7.96. The van der Waals surface area contributed by atoms with Crippen LogP contribution in [0.2, 0.25) is 5.15 Å². The Kier molecular flexibility index (Phi) is 5.65. The van der Waals surface area contributed by atoms with Crippen LogP contribution in [0.15, 0.2) is 23.1 Å². The fraction of sp³-hybridized carbons (Fsp3) is 0.450. The van der Waals surface area contributed by atoms with Crippen molar-refractivity contribution in [2.24, 2.45) is 11.8 Å². The number of aromatic carboxylic acids is 1. The number of rotatable bonds is 5. The first-order valence-corrected chi connectivity index (χ1v) is 9.52. The minimum atomic E-state index is -1.27. The van der Waals surface area contributed by atoms with Gasteiger partial charge in [0.15, 0.2) is 22.1 Å². The van der Waals surface area contributed by atoms with Gasteiger partial charge in [0.25, 0.3) is 0 Å². The molecule has 0 radical (unpaired) electrons. The summed E-state index contributed by atoms with van der Waals surface area (Å²) in [4.78, 5) is 28.2. The third kappa shape index (κ3) is 3.85. The number of pyridine rings is 2. The van der Waals surface area contributed by atoms with Crippen LogP contribution < -0.4 is 14.9 Å².